The van der Waals surface area contributed by atoms with E-state index in [1.807, 2.05) is 6.92 Å². The lowest BCUT2D eigenvalue weighted by Gasteiger charge is -2.27. The molecule has 2 heterocycles. The first-order valence-corrected chi connectivity index (χ1v) is 10.9. The van der Waals surface area contributed by atoms with E-state index < -0.39 is 34.7 Å². The third-order valence-electron chi connectivity index (χ3n) is 5.29. The fourth-order valence-electron chi connectivity index (χ4n) is 3.41. The third-order valence-corrected chi connectivity index (χ3v) is 7.16. The fraction of sp³-hybridized carbons (Fsp3) is 0.579. The minimum Gasteiger partial charge on any atom is -0.454 e. The molecule has 2 atom stereocenters. The number of morpholine rings is 1. The lowest BCUT2D eigenvalue weighted by molar-refractivity contribution is -0.156. The number of carbonyl (C=O) groups excluding carboxylic acids is 2. The molecule has 1 amide bonds. The standard InChI is InChI=1S/C19H26N2O7S/c1-13-3-4-16(9-14(13)2)29(25,26)21-11-15(22)10-17(21)19(24)28-12-18(23)20-5-7-27-8-6-20/h3-4,9,15,17,22H,5-8,10-12H2,1-2H3/t15?,17-/m0/s1. The maximum Gasteiger partial charge on any atom is 0.325 e. The molecule has 0 aliphatic carbocycles. The molecule has 2 aliphatic heterocycles. The van der Waals surface area contributed by atoms with Crippen molar-refractivity contribution in [3.05, 3.63) is 29.3 Å². The fourth-order valence-corrected chi connectivity index (χ4v) is 5.12. The van der Waals surface area contributed by atoms with Crippen LogP contribution in [0, 0.1) is 13.8 Å². The van der Waals surface area contributed by atoms with E-state index in [-0.39, 0.29) is 23.8 Å². The minimum absolute atomic E-state index is 0.0527. The predicted octanol–water partition coefficient (Wildman–Crippen LogP) is -0.171. The highest BCUT2D eigenvalue weighted by Gasteiger charge is 2.44. The average molecular weight is 426 g/mol. The minimum atomic E-state index is -4.00. The highest BCUT2D eigenvalue weighted by molar-refractivity contribution is 7.89. The molecular weight excluding hydrogens is 400 g/mol. The van der Waals surface area contributed by atoms with E-state index in [0.717, 1.165) is 15.4 Å². The van der Waals surface area contributed by atoms with Crippen LogP contribution in [-0.4, -0.2) is 86.2 Å². The molecule has 0 spiro atoms. The van der Waals surface area contributed by atoms with Gasteiger partial charge in [-0.1, -0.05) is 6.07 Å². The van der Waals surface area contributed by atoms with Crippen molar-refractivity contribution in [2.24, 2.45) is 0 Å². The molecular formula is C19H26N2O7S. The van der Waals surface area contributed by atoms with Gasteiger partial charge in [0.05, 0.1) is 24.2 Å². The van der Waals surface area contributed by atoms with Crippen LogP contribution >= 0.6 is 0 Å². The Morgan fingerprint density at radius 3 is 2.55 bits per heavy atom. The number of aliphatic hydroxyl groups is 1. The summed E-state index contributed by atoms with van der Waals surface area (Å²) < 4.78 is 37.4. The number of β-amino-alcohol motifs (C(OH)–C–C–N with tert-alkyl or cyclic N) is 1. The van der Waals surface area contributed by atoms with Crippen molar-refractivity contribution in [3.8, 4) is 0 Å². The molecule has 1 unspecified atom stereocenters. The molecule has 0 aromatic heterocycles. The zero-order valence-electron chi connectivity index (χ0n) is 16.5. The number of nitrogens with zero attached hydrogens (tertiary/aromatic N) is 2. The van der Waals surface area contributed by atoms with Crippen LogP contribution in [-0.2, 0) is 29.1 Å². The Balaban J connectivity index is 1.71. The lowest BCUT2D eigenvalue weighted by Crippen LogP contribution is -2.45. The molecule has 0 saturated carbocycles. The number of aryl methyl sites for hydroxylation is 2. The van der Waals surface area contributed by atoms with E-state index in [0.29, 0.717) is 26.3 Å². The highest BCUT2D eigenvalue weighted by atomic mass is 32.2. The summed E-state index contributed by atoms with van der Waals surface area (Å²) in [4.78, 5) is 26.3. The Kier molecular flexibility index (Phi) is 6.57. The van der Waals surface area contributed by atoms with E-state index in [2.05, 4.69) is 0 Å². The second kappa shape index (κ2) is 8.78. The number of ether oxygens (including phenoxy) is 2. The Morgan fingerprint density at radius 2 is 1.90 bits per heavy atom. The van der Waals surface area contributed by atoms with E-state index in [1.54, 1.807) is 19.1 Å². The number of carbonyl (C=O) groups is 2. The first-order chi connectivity index (χ1) is 13.7. The van der Waals surface area contributed by atoms with Gasteiger partial charge in [0.2, 0.25) is 10.0 Å². The maximum atomic E-state index is 13.1. The Morgan fingerprint density at radius 1 is 1.21 bits per heavy atom. The molecule has 0 bridgehead atoms. The third kappa shape index (κ3) is 4.77. The highest BCUT2D eigenvalue weighted by Crippen LogP contribution is 2.28. The van der Waals surface area contributed by atoms with Crippen molar-refractivity contribution < 1.29 is 32.6 Å². The van der Waals surface area contributed by atoms with Gasteiger partial charge >= 0.3 is 5.97 Å². The van der Waals surface area contributed by atoms with Gasteiger partial charge in [0.15, 0.2) is 6.61 Å². The number of amides is 1. The first kappa shape index (κ1) is 21.7. The molecule has 1 aromatic carbocycles. The topological polar surface area (TPSA) is 113 Å². The summed E-state index contributed by atoms with van der Waals surface area (Å²) in [5.41, 5.74) is 1.75. The summed E-state index contributed by atoms with van der Waals surface area (Å²) in [6.07, 6.45) is -1.06. The average Bonchev–Trinajstić information content (AvgIpc) is 3.11. The summed E-state index contributed by atoms with van der Waals surface area (Å²) in [6, 6.07) is 3.55. The monoisotopic (exact) mass is 426 g/mol. The SMILES string of the molecule is Cc1ccc(S(=O)(=O)N2CC(O)C[C@H]2C(=O)OCC(=O)N2CCOCC2)cc1C. The summed E-state index contributed by atoms with van der Waals surface area (Å²) in [7, 11) is -4.00. The van der Waals surface area contributed by atoms with E-state index in [9.17, 15) is 23.1 Å². The molecule has 3 rings (SSSR count). The number of sulfonamides is 1. The van der Waals surface area contributed by atoms with Crippen LogP contribution in [0.4, 0.5) is 0 Å². The number of benzene rings is 1. The number of hydrogen-bond acceptors (Lipinski definition) is 7. The van der Waals surface area contributed by atoms with Crippen LogP contribution in [0.1, 0.15) is 17.5 Å². The molecule has 160 valence electrons. The largest absolute Gasteiger partial charge is 0.454 e. The van der Waals surface area contributed by atoms with Gasteiger partial charge in [-0.3, -0.25) is 9.59 Å². The quantitative estimate of drug-likeness (QED) is 0.650. The molecule has 9 nitrogen and oxygen atoms in total. The van der Waals surface area contributed by atoms with Gasteiger partial charge in [-0.2, -0.15) is 4.31 Å². The Labute approximate surface area is 170 Å². The van der Waals surface area contributed by atoms with Crippen molar-refractivity contribution >= 4 is 21.9 Å². The van der Waals surface area contributed by atoms with Gasteiger partial charge < -0.3 is 19.5 Å². The number of rotatable bonds is 5. The molecule has 2 aliphatic rings. The normalized spacial score (nSPS) is 23.2. The van der Waals surface area contributed by atoms with Crippen LogP contribution < -0.4 is 0 Å². The second-order valence-electron chi connectivity index (χ2n) is 7.33. The predicted molar refractivity (Wildman–Crippen MR) is 103 cm³/mol. The number of aliphatic hydroxyl groups excluding tert-OH is 1. The van der Waals surface area contributed by atoms with Gasteiger partial charge in [0.1, 0.15) is 6.04 Å². The second-order valence-corrected chi connectivity index (χ2v) is 9.22. The van der Waals surface area contributed by atoms with Gasteiger partial charge in [-0.25, -0.2) is 8.42 Å². The molecule has 1 N–H and O–H groups in total. The van der Waals surface area contributed by atoms with Crippen LogP contribution in [0.25, 0.3) is 0 Å². The van der Waals surface area contributed by atoms with Crippen molar-refractivity contribution in [1.29, 1.82) is 0 Å². The molecule has 1 aromatic rings. The first-order valence-electron chi connectivity index (χ1n) is 9.49. The van der Waals surface area contributed by atoms with Crippen LogP contribution in [0.3, 0.4) is 0 Å². The smallest absolute Gasteiger partial charge is 0.325 e. The zero-order chi connectivity index (χ0) is 21.2. The number of hydrogen-bond donors (Lipinski definition) is 1. The molecule has 29 heavy (non-hydrogen) atoms. The summed E-state index contributed by atoms with van der Waals surface area (Å²) in [5.74, 6) is -1.20. The van der Waals surface area contributed by atoms with Gasteiger partial charge in [-0.15, -0.1) is 0 Å². The van der Waals surface area contributed by atoms with Gasteiger partial charge in [-0.05, 0) is 37.1 Å². The Bertz CT molecular complexity index is 881. The molecule has 2 fully saturated rings. The zero-order valence-corrected chi connectivity index (χ0v) is 17.4. The van der Waals surface area contributed by atoms with Crippen LogP contribution in [0.15, 0.2) is 23.1 Å². The van der Waals surface area contributed by atoms with Crippen molar-refractivity contribution in [2.45, 2.75) is 37.3 Å². The molecule has 0 radical (unpaired) electrons. The van der Waals surface area contributed by atoms with Gasteiger partial charge in [0.25, 0.3) is 5.91 Å². The van der Waals surface area contributed by atoms with Crippen molar-refractivity contribution in [1.82, 2.24) is 9.21 Å². The molecule has 10 heteroatoms. The summed E-state index contributed by atoms with van der Waals surface area (Å²) >= 11 is 0. The van der Waals surface area contributed by atoms with Crippen molar-refractivity contribution in [3.63, 3.8) is 0 Å². The summed E-state index contributed by atoms with van der Waals surface area (Å²) in [6.45, 7) is 4.70. The molecule has 2 saturated heterocycles. The maximum absolute atomic E-state index is 13.1. The summed E-state index contributed by atoms with van der Waals surface area (Å²) in [5, 5.41) is 10.0. The van der Waals surface area contributed by atoms with Crippen LogP contribution in [0.5, 0.6) is 0 Å². The number of esters is 1. The van der Waals surface area contributed by atoms with Crippen molar-refractivity contribution in [2.75, 3.05) is 39.5 Å². The Hall–Kier alpha value is -2.01. The van der Waals surface area contributed by atoms with E-state index >= 15 is 0 Å². The van der Waals surface area contributed by atoms with E-state index in [1.165, 1.54) is 11.0 Å². The lowest BCUT2D eigenvalue weighted by atomic mass is 10.1. The van der Waals surface area contributed by atoms with Gasteiger partial charge in [0, 0.05) is 26.1 Å². The van der Waals surface area contributed by atoms with Crippen LogP contribution in [0.2, 0.25) is 0 Å². The van der Waals surface area contributed by atoms with E-state index in [4.69, 9.17) is 9.47 Å².